The maximum Gasteiger partial charge on any atom is 0.315 e. The predicted molar refractivity (Wildman–Crippen MR) is 93.5 cm³/mol. The van der Waals surface area contributed by atoms with Gasteiger partial charge in [0.1, 0.15) is 5.60 Å². The van der Waals surface area contributed by atoms with Crippen LogP contribution < -0.4 is 10.6 Å². The van der Waals surface area contributed by atoms with Gasteiger partial charge in [0.2, 0.25) is 0 Å². The van der Waals surface area contributed by atoms with Gasteiger partial charge in [0.15, 0.2) is 0 Å². The van der Waals surface area contributed by atoms with Crippen molar-refractivity contribution < 1.29 is 9.90 Å². The summed E-state index contributed by atoms with van der Waals surface area (Å²) < 4.78 is 0. The molecule has 1 aromatic rings. The molecule has 4 nitrogen and oxygen atoms in total. The summed E-state index contributed by atoms with van der Waals surface area (Å²) in [7, 11) is 0. The molecule has 130 valence electrons. The van der Waals surface area contributed by atoms with Gasteiger partial charge in [-0.3, -0.25) is 0 Å². The second kappa shape index (κ2) is 5.76. The van der Waals surface area contributed by atoms with Gasteiger partial charge < -0.3 is 15.7 Å². The SMILES string of the molecule is CC(O)(CNC(=O)NC12CC3CC(CC(C3)C1)C2)c1ccccc1. The summed E-state index contributed by atoms with van der Waals surface area (Å²) in [6, 6.07) is 9.37. The second-order valence-corrected chi connectivity index (χ2v) is 8.65. The van der Waals surface area contributed by atoms with Crippen molar-refractivity contribution >= 4 is 6.03 Å². The summed E-state index contributed by atoms with van der Waals surface area (Å²) in [4.78, 5) is 12.5. The highest BCUT2D eigenvalue weighted by molar-refractivity contribution is 5.75. The zero-order valence-corrected chi connectivity index (χ0v) is 14.4. The number of hydrogen-bond donors (Lipinski definition) is 3. The molecule has 2 amide bonds. The summed E-state index contributed by atoms with van der Waals surface area (Å²) >= 11 is 0. The molecule has 4 aliphatic rings. The van der Waals surface area contributed by atoms with E-state index in [1.807, 2.05) is 30.3 Å². The van der Waals surface area contributed by atoms with Crippen molar-refractivity contribution in [1.82, 2.24) is 10.6 Å². The zero-order valence-electron chi connectivity index (χ0n) is 14.4. The monoisotopic (exact) mass is 328 g/mol. The van der Waals surface area contributed by atoms with E-state index < -0.39 is 5.60 Å². The van der Waals surface area contributed by atoms with Crippen LogP contribution in [0.3, 0.4) is 0 Å². The van der Waals surface area contributed by atoms with Gasteiger partial charge in [0.05, 0.1) is 6.54 Å². The largest absolute Gasteiger partial charge is 0.384 e. The average molecular weight is 328 g/mol. The first-order valence-corrected chi connectivity index (χ1v) is 9.28. The number of amides is 2. The highest BCUT2D eigenvalue weighted by atomic mass is 16.3. The van der Waals surface area contributed by atoms with E-state index >= 15 is 0 Å². The van der Waals surface area contributed by atoms with Crippen LogP contribution in [0.4, 0.5) is 4.79 Å². The minimum atomic E-state index is -1.06. The van der Waals surface area contributed by atoms with Crippen molar-refractivity contribution in [1.29, 1.82) is 0 Å². The van der Waals surface area contributed by atoms with Gasteiger partial charge >= 0.3 is 6.03 Å². The first-order valence-electron chi connectivity index (χ1n) is 9.28. The molecule has 3 N–H and O–H groups in total. The number of carbonyl (C=O) groups is 1. The summed E-state index contributed by atoms with van der Waals surface area (Å²) in [5, 5.41) is 16.8. The van der Waals surface area contributed by atoms with Gasteiger partial charge in [-0.2, -0.15) is 0 Å². The Kier molecular flexibility index (Phi) is 3.83. The molecule has 0 aliphatic heterocycles. The van der Waals surface area contributed by atoms with Crippen LogP contribution in [-0.2, 0) is 5.60 Å². The first kappa shape index (κ1) is 15.9. The molecule has 24 heavy (non-hydrogen) atoms. The number of benzene rings is 1. The quantitative estimate of drug-likeness (QED) is 0.795. The Hall–Kier alpha value is -1.55. The molecule has 4 saturated carbocycles. The van der Waals surface area contributed by atoms with Crippen molar-refractivity contribution in [2.75, 3.05) is 6.54 Å². The Morgan fingerprint density at radius 1 is 1.12 bits per heavy atom. The molecular weight excluding hydrogens is 300 g/mol. The lowest BCUT2D eigenvalue weighted by Gasteiger charge is -2.56. The normalized spacial score (nSPS) is 36.2. The summed E-state index contributed by atoms with van der Waals surface area (Å²) in [6.45, 7) is 1.96. The molecule has 0 saturated heterocycles. The minimum absolute atomic E-state index is 0.0113. The van der Waals surface area contributed by atoms with E-state index in [0.717, 1.165) is 42.6 Å². The van der Waals surface area contributed by atoms with Gasteiger partial charge in [-0.1, -0.05) is 30.3 Å². The second-order valence-electron chi connectivity index (χ2n) is 8.65. The first-order chi connectivity index (χ1) is 11.4. The molecule has 4 fully saturated rings. The highest BCUT2D eigenvalue weighted by Crippen LogP contribution is 2.55. The maximum absolute atomic E-state index is 12.5. The van der Waals surface area contributed by atoms with Gasteiger partial charge in [-0.05, 0) is 68.8 Å². The lowest BCUT2D eigenvalue weighted by atomic mass is 9.53. The van der Waals surface area contributed by atoms with Crippen LogP contribution >= 0.6 is 0 Å². The van der Waals surface area contributed by atoms with Crippen molar-refractivity contribution in [3.05, 3.63) is 35.9 Å². The molecule has 1 aromatic carbocycles. The van der Waals surface area contributed by atoms with Crippen molar-refractivity contribution in [2.45, 2.75) is 56.6 Å². The van der Waals surface area contributed by atoms with Crippen LogP contribution in [-0.4, -0.2) is 23.2 Å². The average Bonchev–Trinajstić information content (AvgIpc) is 2.52. The predicted octanol–water partition coefficient (Wildman–Crippen LogP) is 3.16. The molecule has 4 heteroatoms. The molecule has 1 atom stereocenters. The van der Waals surface area contributed by atoms with E-state index in [1.165, 1.54) is 19.3 Å². The fourth-order valence-electron chi connectivity index (χ4n) is 5.70. The number of urea groups is 1. The van der Waals surface area contributed by atoms with Crippen LogP contribution in [0.25, 0.3) is 0 Å². The Balaban J connectivity index is 1.36. The maximum atomic E-state index is 12.5. The van der Waals surface area contributed by atoms with E-state index in [-0.39, 0.29) is 18.1 Å². The van der Waals surface area contributed by atoms with E-state index in [1.54, 1.807) is 6.92 Å². The molecule has 0 aromatic heterocycles. The molecule has 0 heterocycles. The lowest BCUT2D eigenvalue weighted by Crippen LogP contribution is -2.62. The van der Waals surface area contributed by atoms with Crippen LogP contribution in [0.15, 0.2) is 30.3 Å². The van der Waals surface area contributed by atoms with Crippen molar-refractivity contribution in [3.8, 4) is 0 Å². The molecular formula is C20H28N2O2. The van der Waals surface area contributed by atoms with Crippen LogP contribution in [0.2, 0.25) is 0 Å². The molecule has 0 spiro atoms. The fourth-order valence-corrected chi connectivity index (χ4v) is 5.70. The summed E-state index contributed by atoms with van der Waals surface area (Å²) in [6.07, 6.45) is 7.52. The van der Waals surface area contributed by atoms with E-state index in [9.17, 15) is 9.90 Å². The number of nitrogens with one attached hydrogen (secondary N) is 2. The Labute approximate surface area is 144 Å². The van der Waals surface area contributed by atoms with Gasteiger partial charge in [0, 0.05) is 5.54 Å². The van der Waals surface area contributed by atoms with Crippen molar-refractivity contribution in [2.24, 2.45) is 17.8 Å². The standard InChI is InChI=1S/C20H28N2O2/c1-19(24,17-5-3-2-4-6-17)13-21-18(23)22-20-10-14-7-15(11-20)9-16(8-14)12-20/h2-6,14-16,24H,7-13H2,1H3,(H2,21,22,23). The number of carbonyl (C=O) groups excluding carboxylic acids is 1. The molecule has 4 bridgehead atoms. The van der Waals surface area contributed by atoms with E-state index in [0.29, 0.717) is 0 Å². The van der Waals surface area contributed by atoms with Crippen LogP contribution in [0.5, 0.6) is 0 Å². The highest BCUT2D eigenvalue weighted by Gasteiger charge is 2.51. The third-order valence-corrected chi connectivity index (χ3v) is 6.41. The topological polar surface area (TPSA) is 61.4 Å². The third-order valence-electron chi connectivity index (χ3n) is 6.41. The summed E-state index contributed by atoms with van der Waals surface area (Å²) in [5.74, 6) is 2.43. The molecule has 5 rings (SSSR count). The van der Waals surface area contributed by atoms with Gasteiger partial charge in [0.25, 0.3) is 0 Å². The van der Waals surface area contributed by atoms with Crippen LogP contribution in [0, 0.1) is 17.8 Å². The molecule has 0 radical (unpaired) electrons. The van der Waals surface area contributed by atoms with Gasteiger partial charge in [-0.15, -0.1) is 0 Å². The third kappa shape index (κ3) is 3.04. The Bertz CT molecular complexity index is 576. The Morgan fingerprint density at radius 2 is 1.67 bits per heavy atom. The van der Waals surface area contributed by atoms with E-state index in [4.69, 9.17) is 0 Å². The van der Waals surface area contributed by atoms with Gasteiger partial charge in [-0.25, -0.2) is 4.79 Å². The summed E-state index contributed by atoms with van der Waals surface area (Å²) in [5.41, 5.74) is -0.225. The molecule has 4 aliphatic carbocycles. The zero-order chi connectivity index (χ0) is 16.8. The molecule has 1 unspecified atom stereocenters. The number of aliphatic hydroxyl groups is 1. The smallest absolute Gasteiger partial charge is 0.315 e. The van der Waals surface area contributed by atoms with Crippen molar-refractivity contribution in [3.63, 3.8) is 0 Å². The number of hydrogen-bond acceptors (Lipinski definition) is 2. The van der Waals surface area contributed by atoms with E-state index in [2.05, 4.69) is 10.6 Å². The Morgan fingerprint density at radius 3 is 2.21 bits per heavy atom. The van der Waals surface area contributed by atoms with Crippen LogP contribution in [0.1, 0.15) is 51.0 Å². The fraction of sp³-hybridized carbons (Fsp3) is 0.650. The lowest BCUT2D eigenvalue weighted by molar-refractivity contribution is -0.0141. The minimum Gasteiger partial charge on any atom is -0.384 e. The number of rotatable bonds is 4.